The predicted octanol–water partition coefficient (Wildman–Crippen LogP) is 12.1. The van der Waals surface area contributed by atoms with Crippen LogP contribution in [0.25, 0.3) is 0 Å². The summed E-state index contributed by atoms with van der Waals surface area (Å²) in [6.45, 7) is 5.95. The molecule has 0 radical (unpaired) electrons. The van der Waals surface area contributed by atoms with Gasteiger partial charge in [0.2, 0.25) is 0 Å². The second-order valence-electron chi connectivity index (χ2n) is 14.6. The summed E-state index contributed by atoms with van der Waals surface area (Å²) in [7, 11) is 0. The van der Waals surface area contributed by atoms with Crippen LogP contribution in [0, 0.1) is 23.7 Å². The average molecular weight is 703 g/mol. The topological polar surface area (TPSA) is 36.9 Å². The number of hydrogen-bond donors (Lipinski definition) is 0. The van der Waals surface area contributed by atoms with Crippen molar-refractivity contribution >= 4 is 0 Å². The van der Waals surface area contributed by atoms with Gasteiger partial charge in [0.25, 0.3) is 0 Å². The van der Waals surface area contributed by atoms with Gasteiger partial charge in [-0.15, -0.1) is 0 Å². The first-order valence-corrected chi connectivity index (χ1v) is 20.7. The van der Waals surface area contributed by atoms with Crippen LogP contribution in [0.15, 0.2) is 60.7 Å². The molecule has 0 saturated carbocycles. The minimum Gasteiger partial charge on any atom is -0.464 e. The quantitative estimate of drug-likeness (QED) is 0.0977. The molecule has 3 aromatic carbocycles. The van der Waals surface area contributed by atoms with Gasteiger partial charge in [-0.2, -0.15) is 0 Å². The van der Waals surface area contributed by atoms with E-state index in [4.69, 9.17) is 18.9 Å². The zero-order chi connectivity index (χ0) is 36.1. The number of aryl methyl sites for hydroxylation is 2. The zero-order valence-corrected chi connectivity index (χ0v) is 32.1. The van der Waals surface area contributed by atoms with Gasteiger partial charge in [0.1, 0.15) is 11.5 Å². The Kier molecular flexibility index (Phi) is 17.5. The maximum Gasteiger partial charge on any atom is 0.199 e. The van der Waals surface area contributed by atoms with E-state index in [9.17, 15) is 0 Å². The maximum absolute atomic E-state index is 6.52. The monoisotopic (exact) mass is 702 g/mol. The van der Waals surface area contributed by atoms with Gasteiger partial charge in [-0.05, 0) is 86.8 Å². The summed E-state index contributed by atoms with van der Waals surface area (Å²) in [5.74, 6) is 15.0. The van der Waals surface area contributed by atoms with Gasteiger partial charge in [0, 0.05) is 36.1 Å². The van der Waals surface area contributed by atoms with Crippen molar-refractivity contribution in [3.8, 4) is 35.2 Å². The van der Waals surface area contributed by atoms with Gasteiger partial charge in [-0.3, -0.25) is 0 Å². The minimum atomic E-state index is -0.302. The number of ether oxygens (including phenoxy) is 4. The second kappa shape index (κ2) is 23.1. The summed E-state index contributed by atoms with van der Waals surface area (Å²) in [6.07, 6.45) is 23.4. The summed E-state index contributed by atoms with van der Waals surface area (Å²) in [5, 5.41) is 0. The maximum atomic E-state index is 6.52. The van der Waals surface area contributed by atoms with Crippen LogP contribution in [0.4, 0.5) is 0 Å². The first-order chi connectivity index (χ1) is 25.7. The number of hydrogen-bond acceptors (Lipinski definition) is 4. The highest BCUT2D eigenvalue weighted by Gasteiger charge is 2.21. The largest absolute Gasteiger partial charge is 0.464 e. The number of unbranched alkanes of at least 4 members (excludes halogenated alkanes) is 10. The fourth-order valence-corrected chi connectivity index (χ4v) is 6.85. The fraction of sp³-hybridized carbons (Fsp3) is 0.542. The molecule has 52 heavy (non-hydrogen) atoms. The number of benzene rings is 3. The van der Waals surface area contributed by atoms with Crippen molar-refractivity contribution in [3.05, 3.63) is 94.0 Å². The van der Waals surface area contributed by atoms with Gasteiger partial charge in [0.15, 0.2) is 12.6 Å². The third-order valence-electron chi connectivity index (χ3n) is 10.1. The molecule has 2 saturated heterocycles. The summed E-state index contributed by atoms with van der Waals surface area (Å²) >= 11 is 0. The van der Waals surface area contributed by atoms with E-state index in [1.807, 2.05) is 12.1 Å². The lowest BCUT2D eigenvalue weighted by Crippen LogP contribution is -2.26. The van der Waals surface area contributed by atoms with Crippen molar-refractivity contribution in [2.75, 3.05) is 13.2 Å². The molecule has 2 aliphatic rings. The molecular formula is C48H62O4. The lowest BCUT2D eigenvalue weighted by atomic mass is 10.0. The van der Waals surface area contributed by atoms with E-state index in [1.165, 1.54) is 88.2 Å². The van der Waals surface area contributed by atoms with E-state index in [-0.39, 0.29) is 12.6 Å². The van der Waals surface area contributed by atoms with E-state index in [2.05, 4.69) is 86.1 Å². The SMILES string of the molecule is CCCCCCCCc1ccc(C#Cc2cc(OC3CCCCO3)c(C#Cc3ccc(CCCCCCCC)cc3)cc2OC2CCCCO2)cc1. The molecule has 2 aliphatic heterocycles. The Morgan fingerprint density at radius 1 is 0.500 bits per heavy atom. The van der Waals surface area contributed by atoms with Gasteiger partial charge < -0.3 is 18.9 Å². The van der Waals surface area contributed by atoms with Crippen molar-refractivity contribution in [2.24, 2.45) is 0 Å². The van der Waals surface area contributed by atoms with Crippen LogP contribution in [0.2, 0.25) is 0 Å². The average Bonchev–Trinajstić information content (AvgIpc) is 3.18. The molecule has 2 heterocycles. The lowest BCUT2D eigenvalue weighted by molar-refractivity contribution is -0.107. The zero-order valence-electron chi connectivity index (χ0n) is 32.1. The molecule has 2 fully saturated rings. The fourth-order valence-electron chi connectivity index (χ4n) is 6.85. The van der Waals surface area contributed by atoms with Crippen LogP contribution in [-0.2, 0) is 22.3 Å². The molecule has 3 aromatic rings. The molecular weight excluding hydrogens is 641 g/mol. The molecule has 0 bridgehead atoms. The third kappa shape index (κ3) is 14.0. The molecule has 278 valence electrons. The van der Waals surface area contributed by atoms with E-state index in [1.54, 1.807) is 0 Å². The lowest BCUT2D eigenvalue weighted by Gasteiger charge is -2.26. The molecule has 2 unspecified atom stereocenters. The third-order valence-corrected chi connectivity index (χ3v) is 10.1. The molecule has 0 N–H and O–H groups in total. The highest BCUT2D eigenvalue weighted by atomic mass is 16.7. The Bertz CT molecular complexity index is 1450. The summed E-state index contributed by atoms with van der Waals surface area (Å²) in [6, 6.07) is 21.4. The normalized spacial score (nSPS) is 17.0. The van der Waals surface area contributed by atoms with E-state index in [0.717, 1.165) is 73.6 Å². The van der Waals surface area contributed by atoms with Crippen molar-refractivity contribution in [1.29, 1.82) is 0 Å². The molecule has 0 aromatic heterocycles. The Morgan fingerprint density at radius 3 is 1.29 bits per heavy atom. The predicted molar refractivity (Wildman–Crippen MR) is 214 cm³/mol. The standard InChI is InChI=1S/C48H62O4/c1-3-5-7-9-11-13-19-39-23-27-41(28-24-39)31-33-43-37-46(52-48-22-16-18-36-50-48)44(38-45(43)51-47-21-15-17-35-49-47)34-32-42-29-25-40(26-30-42)20-14-12-10-8-6-4-2/h23-30,37-38,47-48H,3-22,35-36H2,1-2H3. The van der Waals surface area contributed by atoms with E-state index < -0.39 is 0 Å². The highest BCUT2D eigenvalue weighted by Crippen LogP contribution is 2.32. The van der Waals surface area contributed by atoms with Gasteiger partial charge >= 0.3 is 0 Å². The van der Waals surface area contributed by atoms with Crippen LogP contribution in [0.3, 0.4) is 0 Å². The van der Waals surface area contributed by atoms with Gasteiger partial charge in [0.05, 0.1) is 24.3 Å². The van der Waals surface area contributed by atoms with Crippen LogP contribution in [0.5, 0.6) is 11.5 Å². The highest BCUT2D eigenvalue weighted by molar-refractivity contribution is 5.60. The van der Waals surface area contributed by atoms with E-state index in [0.29, 0.717) is 24.7 Å². The summed E-state index contributed by atoms with van der Waals surface area (Å²) in [5.41, 5.74) is 6.24. The minimum absolute atomic E-state index is 0.302. The van der Waals surface area contributed by atoms with Gasteiger partial charge in [-0.25, -0.2) is 0 Å². The Morgan fingerprint density at radius 2 is 0.904 bits per heavy atom. The Labute approximate surface area is 315 Å². The first-order valence-electron chi connectivity index (χ1n) is 20.7. The molecule has 5 rings (SSSR count). The van der Waals surface area contributed by atoms with Crippen LogP contribution < -0.4 is 9.47 Å². The van der Waals surface area contributed by atoms with Crippen molar-refractivity contribution in [1.82, 2.24) is 0 Å². The molecule has 0 amide bonds. The molecule has 4 heteroatoms. The molecule has 4 nitrogen and oxygen atoms in total. The van der Waals surface area contributed by atoms with Crippen LogP contribution in [-0.4, -0.2) is 25.8 Å². The first kappa shape index (κ1) is 39.5. The summed E-state index contributed by atoms with van der Waals surface area (Å²) in [4.78, 5) is 0. The van der Waals surface area contributed by atoms with Crippen molar-refractivity contribution in [3.63, 3.8) is 0 Å². The second-order valence-corrected chi connectivity index (χ2v) is 14.6. The summed E-state index contributed by atoms with van der Waals surface area (Å²) < 4.78 is 25.0. The van der Waals surface area contributed by atoms with Crippen molar-refractivity contribution < 1.29 is 18.9 Å². The molecule has 0 spiro atoms. The van der Waals surface area contributed by atoms with Crippen molar-refractivity contribution in [2.45, 2.75) is 155 Å². The Hall–Kier alpha value is -3.70. The van der Waals surface area contributed by atoms with Gasteiger partial charge in [-0.1, -0.05) is 126 Å². The Balaban J connectivity index is 1.35. The number of rotatable bonds is 18. The smallest absolute Gasteiger partial charge is 0.199 e. The molecule has 2 atom stereocenters. The van der Waals surface area contributed by atoms with E-state index >= 15 is 0 Å². The molecule has 0 aliphatic carbocycles. The van der Waals surface area contributed by atoms with Crippen LogP contribution in [0.1, 0.15) is 163 Å². The van der Waals surface area contributed by atoms with Crippen LogP contribution >= 0.6 is 0 Å².